The van der Waals surface area contributed by atoms with Gasteiger partial charge >= 0.3 is 0 Å². The van der Waals surface area contributed by atoms with Gasteiger partial charge in [-0.2, -0.15) is 0 Å². The van der Waals surface area contributed by atoms with Gasteiger partial charge in [-0.25, -0.2) is 0 Å². The zero-order chi connectivity index (χ0) is 22.8. The lowest BCUT2D eigenvalue weighted by Crippen LogP contribution is -2.40. The Morgan fingerprint density at radius 3 is 2.66 bits per heavy atom. The number of hydrogen-bond acceptors (Lipinski definition) is 4. The third-order valence-electron chi connectivity index (χ3n) is 5.58. The zero-order valence-corrected chi connectivity index (χ0v) is 19.3. The number of likely N-dealkylation sites (tertiary alicyclic amines) is 1. The second-order valence-electron chi connectivity index (χ2n) is 7.87. The fourth-order valence-corrected chi connectivity index (χ4v) is 3.86. The number of rotatable bonds is 10. The molecule has 0 bridgehead atoms. The molecule has 2 N–H and O–H groups in total. The Hall–Kier alpha value is -3.22. The molecule has 0 saturated carbocycles. The third-order valence-corrected chi connectivity index (χ3v) is 5.58. The number of hydrogen-bond donors (Lipinski definition) is 2. The Morgan fingerprint density at radius 2 is 1.94 bits per heavy atom. The van der Waals surface area contributed by atoms with Crippen molar-refractivity contribution in [2.75, 3.05) is 40.4 Å². The molecule has 1 saturated heterocycles. The molecule has 7 nitrogen and oxygen atoms in total. The molecule has 1 aliphatic rings. The molecule has 1 fully saturated rings. The molecule has 2 aromatic rings. The third kappa shape index (κ3) is 6.64. The first kappa shape index (κ1) is 23.4. The van der Waals surface area contributed by atoms with Crippen LogP contribution in [0, 0.1) is 5.92 Å². The maximum absolute atomic E-state index is 12.4. The fourth-order valence-electron chi connectivity index (χ4n) is 3.86. The lowest BCUT2D eigenvalue weighted by molar-refractivity contribution is -0.127. The van der Waals surface area contributed by atoms with Crippen molar-refractivity contribution in [3.63, 3.8) is 0 Å². The molecule has 1 heterocycles. The smallest absolute Gasteiger partial charge is 0.223 e. The quantitative estimate of drug-likeness (QED) is 0.441. The summed E-state index contributed by atoms with van der Waals surface area (Å²) in [6.45, 7) is 5.40. The summed E-state index contributed by atoms with van der Waals surface area (Å²) in [6.07, 6.45) is 1.47. The number of benzene rings is 2. The summed E-state index contributed by atoms with van der Waals surface area (Å²) in [5.74, 6) is 2.69. The Bertz CT molecular complexity index is 901. The van der Waals surface area contributed by atoms with Gasteiger partial charge < -0.3 is 25.0 Å². The van der Waals surface area contributed by atoms with Crippen LogP contribution in [0.4, 0.5) is 0 Å². The maximum atomic E-state index is 12.4. The van der Waals surface area contributed by atoms with Crippen LogP contribution in [0.2, 0.25) is 0 Å². The summed E-state index contributed by atoms with van der Waals surface area (Å²) in [5.41, 5.74) is 2.33. The monoisotopic (exact) mass is 438 g/mol. The summed E-state index contributed by atoms with van der Waals surface area (Å²) in [5, 5.41) is 6.69. The van der Waals surface area contributed by atoms with Crippen molar-refractivity contribution in [2.24, 2.45) is 10.9 Å². The SMILES string of the molecule is CCOc1cc(CNC(=NC)NCC2CC(=O)N(CCc3ccccc3)C2)ccc1OC. The largest absolute Gasteiger partial charge is 0.493 e. The number of aliphatic imine (C=N–C) groups is 1. The molecule has 0 spiro atoms. The minimum absolute atomic E-state index is 0.234. The predicted molar refractivity (Wildman–Crippen MR) is 127 cm³/mol. The number of guanidine groups is 1. The van der Waals surface area contributed by atoms with Crippen LogP contribution in [0.25, 0.3) is 0 Å². The van der Waals surface area contributed by atoms with Gasteiger partial charge in [-0.05, 0) is 36.6 Å². The van der Waals surface area contributed by atoms with Crippen molar-refractivity contribution in [2.45, 2.75) is 26.3 Å². The number of methoxy groups -OCH3 is 1. The standard InChI is InChI=1S/C25H34N4O3/c1-4-32-23-14-20(10-11-22(23)31-3)16-27-25(26-2)28-17-21-15-24(30)29(18-21)13-12-19-8-6-5-7-9-19/h5-11,14,21H,4,12-13,15-18H2,1-3H3,(H2,26,27,28). The minimum Gasteiger partial charge on any atom is -0.493 e. The molecule has 0 aliphatic carbocycles. The van der Waals surface area contributed by atoms with E-state index in [1.54, 1.807) is 14.2 Å². The van der Waals surface area contributed by atoms with Crippen LogP contribution in [0.15, 0.2) is 53.5 Å². The molecule has 1 atom stereocenters. The summed E-state index contributed by atoms with van der Waals surface area (Å²) >= 11 is 0. The first-order valence-corrected chi connectivity index (χ1v) is 11.2. The molecular formula is C25H34N4O3. The van der Waals surface area contributed by atoms with Gasteiger partial charge in [0.2, 0.25) is 5.91 Å². The van der Waals surface area contributed by atoms with Gasteiger partial charge in [0.15, 0.2) is 17.5 Å². The highest BCUT2D eigenvalue weighted by Crippen LogP contribution is 2.28. The van der Waals surface area contributed by atoms with Crippen molar-refractivity contribution in [1.82, 2.24) is 15.5 Å². The van der Waals surface area contributed by atoms with Crippen molar-refractivity contribution in [1.29, 1.82) is 0 Å². The topological polar surface area (TPSA) is 75.2 Å². The van der Waals surface area contributed by atoms with Crippen molar-refractivity contribution >= 4 is 11.9 Å². The van der Waals surface area contributed by atoms with Crippen LogP contribution in [-0.2, 0) is 17.8 Å². The van der Waals surface area contributed by atoms with Gasteiger partial charge in [0.05, 0.1) is 13.7 Å². The van der Waals surface area contributed by atoms with E-state index in [1.807, 2.05) is 48.2 Å². The Balaban J connectivity index is 1.44. The van der Waals surface area contributed by atoms with Crippen molar-refractivity contribution in [3.8, 4) is 11.5 Å². The van der Waals surface area contributed by atoms with Crippen LogP contribution >= 0.6 is 0 Å². The number of nitrogens with one attached hydrogen (secondary N) is 2. The van der Waals surface area contributed by atoms with Crippen LogP contribution in [-0.4, -0.2) is 57.2 Å². The molecule has 1 unspecified atom stereocenters. The molecule has 1 aliphatic heterocycles. The highest BCUT2D eigenvalue weighted by molar-refractivity contribution is 5.80. The van der Waals surface area contributed by atoms with Gasteiger partial charge in [-0.15, -0.1) is 0 Å². The van der Waals surface area contributed by atoms with Gasteiger partial charge in [0.25, 0.3) is 0 Å². The van der Waals surface area contributed by atoms with E-state index in [2.05, 4.69) is 27.8 Å². The van der Waals surface area contributed by atoms with Crippen molar-refractivity contribution in [3.05, 3.63) is 59.7 Å². The molecule has 3 rings (SSSR count). The van der Waals surface area contributed by atoms with Crippen LogP contribution < -0.4 is 20.1 Å². The Morgan fingerprint density at radius 1 is 1.12 bits per heavy atom. The van der Waals surface area contributed by atoms with Crippen LogP contribution in [0.1, 0.15) is 24.5 Å². The van der Waals surface area contributed by atoms with E-state index in [-0.39, 0.29) is 11.8 Å². The predicted octanol–water partition coefficient (Wildman–Crippen LogP) is 2.85. The van der Waals surface area contributed by atoms with E-state index in [1.165, 1.54) is 5.56 Å². The molecule has 0 radical (unpaired) electrons. The molecule has 172 valence electrons. The molecular weight excluding hydrogens is 404 g/mol. The minimum atomic E-state index is 0.234. The second-order valence-corrected chi connectivity index (χ2v) is 7.87. The first-order chi connectivity index (χ1) is 15.6. The first-order valence-electron chi connectivity index (χ1n) is 11.2. The zero-order valence-electron chi connectivity index (χ0n) is 19.3. The number of amides is 1. The van der Waals surface area contributed by atoms with Gasteiger partial charge in [-0.1, -0.05) is 36.4 Å². The van der Waals surface area contributed by atoms with Crippen LogP contribution in [0.3, 0.4) is 0 Å². The number of carbonyl (C=O) groups is 1. The van der Waals surface area contributed by atoms with Gasteiger partial charge in [-0.3, -0.25) is 9.79 Å². The summed E-state index contributed by atoms with van der Waals surface area (Å²) in [6, 6.07) is 16.2. The molecule has 0 aromatic heterocycles. The summed E-state index contributed by atoms with van der Waals surface area (Å²) < 4.78 is 11.0. The van der Waals surface area contributed by atoms with Gasteiger partial charge in [0.1, 0.15) is 0 Å². The molecule has 7 heteroatoms. The Labute approximate surface area is 190 Å². The molecule has 2 aromatic carbocycles. The van der Waals surface area contributed by atoms with E-state index in [4.69, 9.17) is 9.47 Å². The Kier molecular flexibility index (Phi) is 8.78. The van der Waals surface area contributed by atoms with Crippen LogP contribution in [0.5, 0.6) is 11.5 Å². The van der Waals surface area contributed by atoms with Crippen molar-refractivity contribution < 1.29 is 14.3 Å². The average molecular weight is 439 g/mol. The van der Waals surface area contributed by atoms with Gasteiger partial charge in [0, 0.05) is 45.6 Å². The van der Waals surface area contributed by atoms with E-state index in [0.29, 0.717) is 32.1 Å². The van der Waals surface area contributed by atoms with E-state index >= 15 is 0 Å². The summed E-state index contributed by atoms with van der Waals surface area (Å²) in [7, 11) is 3.39. The van der Waals surface area contributed by atoms with E-state index in [9.17, 15) is 4.79 Å². The maximum Gasteiger partial charge on any atom is 0.223 e. The van der Waals surface area contributed by atoms with E-state index in [0.717, 1.165) is 36.6 Å². The lowest BCUT2D eigenvalue weighted by atomic mass is 10.1. The fraction of sp³-hybridized carbons (Fsp3) is 0.440. The normalized spacial score (nSPS) is 16.2. The summed E-state index contributed by atoms with van der Waals surface area (Å²) in [4.78, 5) is 18.7. The number of carbonyl (C=O) groups excluding carboxylic acids is 1. The number of ether oxygens (including phenoxy) is 2. The highest BCUT2D eigenvalue weighted by Gasteiger charge is 2.29. The highest BCUT2D eigenvalue weighted by atomic mass is 16.5. The number of nitrogens with zero attached hydrogens (tertiary/aromatic N) is 2. The van der Waals surface area contributed by atoms with E-state index < -0.39 is 0 Å². The lowest BCUT2D eigenvalue weighted by Gasteiger charge is -2.18. The molecule has 1 amide bonds. The average Bonchev–Trinajstić information content (AvgIpc) is 3.18. The second kappa shape index (κ2) is 12.0. The molecule has 32 heavy (non-hydrogen) atoms.